The van der Waals surface area contributed by atoms with E-state index in [0.717, 1.165) is 23.7 Å². The van der Waals surface area contributed by atoms with Crippen LogP contribution in [0.5, 0.6) is 0 Å². The van der Waals surface area contributed by atoms with Gasteiger partial charge in [0.2, 0.25) is 0 Å². The maximum Gasteiger partial charge on any atom is -0.0352 e. The van der Waals surface area contributed by atoms with E-state index in [1.165, 1.54) is 63.7 Å². The van der Waals surface area contributed by atoms with Gasteiger partial charge in [-0.3, -0.25) is 0 Å². The molecule has 2 aliphatic carbocycles. The molecule has 118 valence electrons. The van der Waals surface area contributed by atoms with Crippen molar-refractivity contribution in [2.24, 2.45) is 29.6 Å². The molecule has 2 saturated carbocycles. The zero-order chi connectivity index (χ0) is 14.4. The maximum absolute atomic E-state index is 2.45. The predicted octanol–water partition coefficient (Wildman–Crippen LogP) is 6.84. The largest absolute Gasteiger partial charge is 0.0628 e. The lowest BCUT2D eigenvalue weighted by Gasteiger charge is -2.04. The summed E-state index contributed by atoms with van der Waals surface area (Å²) in [6, 6.07) is 0. The van der Waals surface area contributed by atoms with Crippen LogP contribution in [0.2, 0.25) is 0 Å². The van der Waals surface area contributed by atoms with Crippen molar-refractivity contribution in [2.75, 3.05) is 0 Å². The van der Waals surface area contributed by atoms with Crippen molar-refractivity contribution in [3.63, 3.8) is 0 Å². The van der Waals surface area contributed by atoms with Gasteiger partial charge in [-0.25, -0.2) is 0 Å². The molecule has 0 aliphatic heterocycles. The smallest absolute Gasteiger partial charge is 0.0352 e. The van der Waals surface area contributed by atoms with Gasteiger partial charge in [0.1, 0.15) is 0 Å². The molecule has 0 radical (unpaired) electrons. The van der Waals surface area contributed by atoms with Crippen molar-refractivity contribution in [3.8, 4) is 0 Å². The van der Waals surface area contributed by atoms with E-state index in [1.54, 1.807) is 19.3 Å². The fourth-order valence-electron chi connectivity index (χ4n) is 4.09. The average Bonchev–Trinajstić information content (AvgIpc) is 3.28. The van der Waals surface area contributed by atoms with Gasteiger partial charge in [0.15, 0.2) is 0 Å². The molecule has 0 aromatic rings. The highest BCUT2D eigenvalue weighted by Gasteiger charge is 2.50. The first kappa shape index (κ1) is 16.4. The first-order valence-corrected chi connectivity index (χ1v) is 9.68. The third-order valence-electron chi connectivity index (χ3n) is 5.81. The molecular weight excluding hydrogens is 240 g/mol. The van der Waals surface area contributed by atoms with Crippen molar-refractivity contribution >= 4 is 0 Å². The molecule has 0 nitrogen and oxygen atoms in total. The van der Waals surface area contributed by atoms with Gasteiger partial charge in [-0.1, -0.05) is 85.0 Å². The Morgan fingerprint density at radius 3 is 1.85 bits per heavy atom. The second-order valence-electron chi connectivity index (χ2n) is 8.34. The molecule has 4 atom stereocenters. The Morgan fingerprint density at radius 2 is 1.30 bits per heavy atom. The summed E-state index contributed by atoms with van der Waals surface area (Å²) >= 11 is 0. The van der Waals surface area contributed by atoms with Crippen LogP contribution in [-0.2, 0) is 0 Å². The molecule has 2 rings (SSSR count). The molecular formula is C20H38. The van der Waals surface area contributed by atoms with Crippen LogP contribution in [0.3, 0.4) is 0 Å². The molecule has 0 N–H and O–H groups in total. The van der Waals surface area contributed by atoms with E-state index in [-0.39, 0.29) is 0 Å². The standard InChI is InChI=1S/C20H38/c1-16(2)12-10-8-6-4-5-7-9-11-13-18-15-20(18)19-14-17(19)3/h16-20H,4-15H2,1-3H3. The van der Waals surface area contributed by atoms with Crippen molar-refractivity contribution in [3.05, 3.63) is 0 Å². The van der Waals surface area contributed by atoms with Crippen LogP contribution >= 0.6 is 0 Å². The number of hydrogen-bond acceptors (Lipinski definition) is 0. The Hall–Kier alpha value is 0. The van der Waals surface area contributed by atoms with E-state index < -0.39 is 0 Å². The predicted molar refractivity (Wildman–Crippen MR) is 89.9 cm³/mol. The molecule has 4 unspecified atom stereocenters. The second-order valence-corrected chi connectivity index (χ2v) is 8.34. The Kier molecular flexibility index (Phi) is 6.91. The van der Waals surface area contributed by atoms with Crippen LogP contribution in [0.25, 0.3) is 0 Å². The minimum Gasteiger partial charge on any atom is -0.0628 e. The molecule has 0 amide bonds. The van der Waals surface area contributed by atoms with E-state index in [9.17, 15) is 0 Å². The summed E-state index contributed by atoms with van der Waals surface area (Å²) in [7, 11) is 0. The lowest BCUT2D eigenvalue weighted by Crippen LogP contribution is -1.89. The summed E-state index contributed by atoms with van der Waals surface area (Å²) < 4.78 is 0. The highest BCUT2D eigenvalue weighted by molar-refractivity contribution is 5.00. The molecule has 0 saturated heterocycles. The first-order chi connectivity index (χ1) is 9.68. The summed E-state index contributed by atoms with van der Waals surface area (Å²) in [5.41, 5.74) is 0. The molecule has 0 aromatic heterocycles. The maximum atomic E-state index is 2.45. The SMILES string of the molecule is CC(C)CCCCCCCCCCC1CC1C1CC1C. The van der Waals surface area contributed by atoms with E-state index in [1.807, 2.05) is 0 Å². The summed E-state index contributed by atoms with van der Waals surface area (Å²) in [4.78, 5) is 0. The van der Waals surface area contributed by atoms with Crippen LogP contribution in [0, 0.1) is 29.6 Å². The van der Waals surface area contributed by atoms with Crippen molar-refractivity contribution in [1.82, 2.24) is 0 Å². The molecule has 20 heavy (non-hydrogen) atoms. The zero-order valence-corrected chi connectivity index (χ0v) is 14.4. The van der Waals surface area contributed by atoms with Gasteiger partial charge < -0.3 is 0 Å². The van der Waals surface area contributed by atoms with Crippen molar-refractivity contribution in [1.29, 1.82) is 0 Å². The first-order valence-electron chi connectivity index (χ1n) is 9.68. The van der Waals surface area contributed by atoms with Crippen LogP contribution in [0.15, 0.2) is 0 Å². The Balaban J connectivity index is 1.28. The van der Waals surface area contributed by atoms with Crippen LogP contribution in [-0.4, -0.2) is 0 Å². The van der Waals surface area contributed by atoms with Gasteiger partial charge in [0.25, 0.3) is 0 Å². The minimum absolute atomic E-state index is 0.903. The number of rotatable bonds is 12. The molecule has 0 heteroatoms. The fourth-order valence-corrected chi connectivity index (χ4v) is 4.09. The van der Waals surface area contributed by atoms with Crippen LogP contribution in [0.4, 0.5) is 0 Å². The summed E-state index contributed by atoms with van der Waals surface area (Å²) in [5, 5.41) is 0. The van der Waals surface area contributed by atoms with Gasteiger partial charge in [0.05, 0.1) is 0 Å². The lowest BCUT2D eigenvalue weighted by molar-refractivity contribution is 0.497. The molecule has 2 fully saturated rings. The molecule has 0 aromatic carbocycles. The quantitative estimate of drug-likeness (QED) is 0.343. The fraction of sp³-hybridized carbons (Fsp3) is 1.00. The summed E-state index contributed by atoms with van der Waals surface area (Å²) in [6.07, 6.45) is 18.1. The summed E-state index contributed by atoms with van der Waals surface area (Å²) in [5.74, 6) is 5.47. The Bertz CT molecular complexity index is 255. The molecule has 2 aliphatic rings. The van der Waals surface area contributed by atoms with Crippen molar-refractivity contribution in [2.45, 2.75) is 97.8 Å². The third-order valence-corrected chi connectivity index (χ3v) is 5.81. The van der Waals surface area contributed by atoms with Crippen LogP contribution < -0.4 is 0 Å². The number of hydrogen-bond donors (Lipinski definition) is 0. The van der Waals surface area contributed by atoms with E-state index in [2.05, 4.69) is 20.8 Å². The average molecular weight is 279 g/mol. The summed E-state index contributed by atoms with van der Waals surface area (Å²) in [6.45, 7) is 7.13. The molecule has 0 spiro atoms. The van der Waals surface area contributed by atoms with Crippen LogP contribution in [0.1, 0.15) is 97.8 Å². The van der Waals surface area contributed by atoms with Gasteiger partial charge in [-0.15, -0.1) is 0 Å². The van der Waals surface area contributed by atoms with Gasteiger partial charge in [0, 0.05) is 0 Å². The zero-order valence-electron chi connectivity index (χ0n) is 14.4. The highest BCUT2D eigenvalue weighted by Crippen LogP contribution is 2.59. The Labute approximate surface area is 128 Å². The monoisotopic (exact) mass is 278 g/mol. The second kappa shape index (κ2) is 8.44. The van der Waals surface area contributed by atoms with E-state index in [4.69, 9.17) is 0 Å². The third kappa shape index (κ3) is 6.19. The van der Waals surface area contributed by atoms with Gasteiger partial charge in [-0.05, 0) is 42.4 Å². The topological polar surface area (TPSA) is 0 Å². The lowest BCUT2D eigenvalue weighted by atomic mass is 10.0. The van der Waals surface area contributed by atoms with Gasteiger partial charge >= 0.3 is 0 Å². The molecule has 0 bridgehead atoms. The highest BCUT2D eigenvalue weighted by atomic mass is 14.6. The van der Waals surface area contributed by atoms with Gasteiger partial charge in [-0.2, -0.15) is 0 Å². The minimum atomic E-state index is 0.903. The molecule has 0 heterocycles. The van der Waals surface area contributed by atoms with Crippen molar-refractivity contribution < 1.29 is 0 Å². The normalized spacial score (nSPS) is 31.8. The van der Waals surface area contributed by atoms with E-state index in [0.29, 0.717) is 0 Å². The Morgan fingerprint density at radius 1 is 0.750 bits per heavy atom. The van der Waals surface area contributed by atoms with E-state index >= 15 is 0 Å². The number of unbranched alkanes of at least 4 members (excludes halogenated alkanes) is 7.